The smallest absolute Gasteiger partial charge is 0.203 e. The highest BCUT2D eigenvalue weighted by atomic mass is 32.1. The minimum atomic E-state index is 0.276. The van der Waals surface area contributed by atoms with Gasteiger partial charge in [-0.1, -0.05) is 0 Å². The van der Waals surface area contributed by atoms with Crippen LogP contribution < -0.4 is 15.8 Å². The van der Waals surface area contributed by atoms with Crippen LogP contribution in [0.4, 0.5) is 11.6 Å². The number of fused-ring (bicyclic) bond motifs is 1. The van der Waals surface area contributed by atoms with Crippen LogP contribution in [0.25, 0.3) is 0 Å². The van der Waals surface area contributed by atoms with Crippen molar-refractivity contribution in [3.8, 4) is 5.75 Å². The molecule has 1 unspecified atom stereocenters. The Hall–Kier alpha value is -1.82. The lowest BCUT2D eigenvalue weighted by Gasteiger charge is -2.25. The first-order valence-electron chi connectivity index (χ1n) is 6.27. The molecular formula is C13H16N4OS. The van der Waals surface area contributed by atoms with Crippen molar-refractivity contribution in [2.45, 2.75) is 25.3 Å². The molecule has 0 aromatic carbocycles. The Morgan fingerprint density at radius 2 is 2.37 bits per heavy atom. The van der Waals surface area contributed by atoms with Crippen LogP contribution in [-0.4, -0.2) is 17.1 Å². The third kappa shape index (κ3) is 2.23. The number of ether oxygens (including phenoxy) is 1. The highest BCUT2D eigenvalue weighted by Gasteiger charge is 2.23. The van der Waals surface area contributed by atoms with Crippen LogP contribution in [0.15, 0.2) is 17.8 Å². The van der Waals surface area contributed by atoms with Crippen LogP contribution in [0.5, 0.6) is 5.75 Å². The van der Waals surface area contributed by atoms with Gasteiger partial charge < -0.3 is 15.8 Å². The third-order valence-corrected chi connectivity index (χ3v) is 4.39. The Labute approximate surface area is 115 Å². The Kier molecular flexibility index (Phi) is 3.25. The summed E-state index contributed by atoms with van der Waals surface area (Å²) in [7, 11) is 1.58. The van der Waals surface area contributed by atoms with Crippen molar-refractivity contribution in [2.75, 3.05) is 18.2 Å². The van der Waals surface area contributed by atoms with Gasteiger partial charge in [-0.2, -0.15) is 0 Å². The quantitative estimate of drug-likeness (QED) is 0.901. The minimum absolute atomic E-state index is 0.276. The number of nitrogens with two attached hydrogens (primary N) is 1. The normalized spacial score (nSPS) is 17.8. The molecule has 0 radical (unpaired) electrons. The molecule has 1 aliphatic carbocycles. The summed E-state index contributed by atoms with van der Waals surface area (Å²) in [5, 5.41) is 5.58. The van der Waals surface area contributed by atoms with Gasteiger partial charge in [0.1, 0.15) is 6.33 Å². The largest absolute Gasteiger partial charge is 0.490 e. The Morgan fingerprint density at radius 3 is 3.21 bits per heavy atom. The molecule has 2 heterocycles. The molecule has 1 atom stereocenters. The van der Waals surface area contributed by atoms with Crippen LogP contribution >= 0.6 is 11.3 Å². The first kappa shape index (κ1) is 12.2. The second-order valence-electron chi connectivity index (χ2n) is 4.53. The standard InChI is InChI=1S/C13H16N4OS/c1-18-11-12(14)15-7-16-13(11)17-9-3-2-4-10-8(9)5-6-19-10/h5-7,9H,2-4H2,1H3,(H3,14,15,16,17). The predicted octanol–water partition coefficient (Wildman–Crippen LogP) is 2.62. The van der Waals surface area contributed by atoms with E-state index in [9.17, 15) is 0 Å². The summed E-state index contributed by atoms with van der Waals surface area (Å²) in [4.78, 5) is 9.64. The zero-order valence-corrected chi connectivity index (χ0v) is 11.5. The first-order valence-corrected chi connectivity index (χ1v) is 7.15. The molecule has 100 valence electrons. The Balaban J connectivity index is 1.89. The summed E-state index contributed by atoms with van der Waals surface area (Å²) < 4.78 is 5.28. The lowest BCUT2D eigenvalue weighted by Crippen LogP contribution is -2.17. The number of anilines is 2. The lowest BCUT2D eigenvalue weighted by molar-refractivity contribution is 0.414. The summed E-state index contributed by atoms with van der Waals surface area (Å²) >= 11 is 1.82. The lowest BCUT2D eigenvalue weighted by atomic mass is 9.94. The number of nitrogen functional groups attached to an aromatic ring is 1. The third-order valence-electron chi connectivity index (χ3n) is 3.40. The SMILES string of the molecule is COc1c(N)ncnc1NC1CCCc2sccc21. The van der Waals surface area contributed by atoms with Gasteiger partial charge in [-0.3, -0.25) is 0 Å². The molecule has 2 aromatic heterocycles. The van der Waals surface area contributed by atoms with Gasteiger partial charge in [0.25, 0.3) is 0 Å². The van der Waals surface area contributed by atoms with Gasteiger partial charge in [0.05, 0.1) is 13.2 Å². The van der Waals surface area contributed by atoms with Gasteiger partial charge in [-0.05, 0) is 36.3 Å². The first-order chi connectivity index (χ1) is 9.29. The molecule has 5 nitrogen and oxygen atoms in total. The number of methoxy groups -OCH3 is 1. The van der Waals surface area contributed by atoms with Gasteiger partial charge >= 0.3 is 0 Å². The van der Waals surface area contributed by atoms with E-state index >= 15 is 0 Å². The molecule has 3 rings (SSSR count). The molecule has 0 saturated carbocycles. The molecular weight excluding hydrogens is 260 g/mol. The second-order valence-corrected chi connectivity index (χ2v) is 5.53. The number of aromatic nitrogens is 2. The second kappa shape index (κ2) is 5.05. The van der Waals surface area contributed by atoms with Crippen LogP contribution in [0.3, 0.4) is 0 Å². The van der Waals surface area contributed by atoms with Crippen LogP contribution in [0.2, 0.25) is 0 Å². The molecule has 0 spiro atoms. The van der Waals surface area contributed by atoms with E-state index in [4.69, 9.17) is 10.5 Å². The number of nitrogens with one attached hydrogen (secondary N) is 1. The molecule has 0 fully saturated rings. The van der Waals surface area contributed by atoms with Crippen molar-refractivity contribution in [3.05, 3.63) is 28.2 Å². The molecule has 2 aromatic rings. The molecule has 0 bridgehead atoms. The van der Waals surface area contributed by atoms with Gasteiger partial charge in [-0.15, -0.1) is 11.3 Å². The Bertz CT molecular complexity index is 584. The highest BCUT2D eigenvalue weighted by Crippen LogP contribution is 2.37. The van der Waals surface area contributed by atoms with E-state index in [0.717, 1.165) is 6.42 Å². The van der Waals surface area contributed by atoms with Crippen LogP contribution in [0, 0.1) is 0 Å². The van der Waals surface area contributed by atoms with Crippen molar-refractivity contribution < 1.29 is 4.74 Å². The minimum Gasteiger partial charge on any atom is -0.490 e. The van der Waals surface area contributed by atoms with Crippen LogP contribution in [0.1, 0.15) is 29.3 Å². The maximum atomic E-state index is 5.80. The van der Waals surface area contributed by atoms with Crippen molar-refractivity contribution in [1.82, 2.24) is 9.97 Å². The topological polar surface area (TPSA) is 73.1 Å². The van der Waals surface area contributed by atoms with E-state index in [1.165, 1.54) is 29.6 Å². The van der Waals surface area contributed by atoms with E-state index in [1.807, 2.05) is 11.3 Å². The predicted molar refractivity (Wildman–Crippen MR) is 76.6 cm³/mol. The van der Waals surface area contributed by atoms with E-state index in [1.54, 1.807) is 7.11 Å². The van der Waals surface area contributed by atoms with Crippen molar-refractivity contribution in [3.63, 3.8) is 0 Å². The zero-order valence-electron chi connectivity index (χ0n) is 10.7. The van der Waals surface area contributed by atoms with E-state index in [-0.39, 0.29) is 6.04 Å². The average molecular weight is 276 g/mol. The molecule has 0 saturated heterocycles. The highest BCUT2D eigenvalue weighted by molar-refractivity contribution is 7.10. The maximum Gasteiger partial charge on any atom is 0.203 e. The number of thiophene rings is 1. The monoisotopic (exact) mass is 276 g/mol. The van der Waals surface area contributed by atoms with Crippen molar-refractivity contribution in [2.24, 2.45) is 0 Å². The molecule has 19 heavy (non-hydrogen) atoms. The average Bonchev–Trinajstić information content (AvgIpc) is 2.88. The molecule has 0 aliphatic heterocycles. The van der Waals surface area contributed by atoms with Crippen LogP contribution in [-0.2, 0) is 6.42 Å². The van der Waals surface area contributed by atoms with E-state index < -0.39 is 0 Å². The van der Waals surface area contributed by atoms with E-state index in [2.05, 4.69) is 26.7 Å². The van der Waals surface area contributed by atoms with Gasteiger partial charge in [0, 0.05) is 4.88 Å². The van der Waals surface area contributed by atoms with Gasteiger partial charge in [-0.25, -0.2) is 9.97 Å². The fraction of sp³-hybridized carbons (Fsp3) is 0.385. The fourth-order valence-electron chi connectivity index (χ4n) is 2.49. The molecule has 3 N–H and O–H groups in total. The summed E-state index contributed by atoms with van der Waals surface area (Å²) in [6.07, 6.45) is 4.91. The number of aryl methyl sites for hydroxylation is 1. The number of hydrogen-bond acceptors (Lipinski definition) is 6. The zero-order chi connectivity index (χ0) is 13.2. The van der Waals surface area contributed by atoms with E-state index in [0.29, 0.717) is 17.4 Å². The molecule has 6 heteroatoms. The van der Waals surface area contributed by atoms with Gasteiger partial charge in [0.2, 0.25) is 5.75 Å². The molecule has 1 aliphatic rings. The Morgan fingerprint density at radius 1 is 1.47 bits per heavy atom. The number of rotatable bonds is 3. The summed E-state index contributed by atoms with van der Waals surface area (Å²) in [5.74, 6) is 1.55. The van der Waals surface area contributed by atoms with Crippen molar-refractivity contribution in [1.29, 1.82) is 0 Å². The fourth-order valence-corrected chi connectivity index (χ4v) is 3.48. The number of nitrogens with zero attached hydrogens (tertiary/aromatic N) is 2. The summed E-state index contributed by atoms with van der Waals surface area (Å²) in [6, 6.07) is 2.46. The summed E-state index contributed by atoms with van der Waals surface area (Å²) in [6.45, 7) is 0. The van der Waals surface area contributed by atoms with Gasteiger partial charge in [0.15, 0.2) is 11.6 Å². The molecule has 0 amide bonds. The number of hydrogen-bond donors (Lipinski definition) is 2. The summed E-state index contributed by atoms with van der Waals surface area (Å²) in [5.41, 5.74) is 7.17. The van der Waals surface area contributed by atoms with Crippen molar-refractivity contribution >= 4 is 23.0 Å². The maximum absolute atomic E-state index is 5.80.